The van der Waals surface area contributed by atoms with Crippen molar-refractivity contribution in [2.45, 2.75) is 44.4 Å². The van der Waals surface area contributed by atoms with Crippen LogP contribution < -0.4 is 15.4 Å². The van der Waals surface area contributed by atoms with Crippen molar-refractivity contribution in [3.8, 4) is 5.75 Å². The molecule has 0 aromatic heterocycles. The number of sulfone groups is 1. The van der Waals surface area contributed by atoms with Gasteiger partial charge in [-0.15, -0.1) is 0 Å². The van der Waals surface area contributed by atoms with Gasteiger partial charge in [0.25, 0.3) is 0 Å². The second kappa shape index (κ2) is 9.26. The topological polar surface area (TPSA) is 79.8 Å². The second-order valence-electron chi connectivity index (χ2n) is 6.92. The Morgan fingerprint density at radius 1 is 1.19 bits per heavy atom. The zero-order valence-corrected chi connectivity index (χ0v) is 16.9. The average Bonchev–Trinajstić information content (AvgIpc) is 2.57. The molecule has 1 aliphatic rings. The molecule has 2 N–H and O–H groups in total. The number of hydrogen-bond acceptors (Lipinski definition) is 4. The maximum absolute atomic E-state index is 11.4. The molecular formula is C19H31N3O3S. The highest BCUT2D eigenvalue weighted by molar-refractivity contribution is 7.90. The summed E-state index contributed by atoms with van der Waals surface area (Å²) in [4.78, 5) is 5.03. The maximum Gasteiger partial charge on any atom is 0.191 e. The lowest BCUT2D eigenvalue weighted by molar-refractivity contribution is 0.139. The number of aliphatic imine (C=N–C) groups is 1. The molecule has 1 aromatic carbocycles. The lowest BCUT2D eigenvalue weighted by atomic mass is 9.67. The third-order valence-corrected chi connectivity index (χ3v) is 6.12. The number of rotatable bonds is 9. The quantitative estimate of drug-likeness (QED) is 0.390. The first-order valence-electron chi connectivity index (χ1n) is 9.34. The lowest BCUT2D eigenvalue weighted by Gasteiger charge is -2.40. The first-order chi connectivity index (χ1) is 12.4. The van der Waals surface area contributed by atoms with Crippen LogP contribution in [-0.2, 0) is 9.84 Å². The van der Waals surface area contributed by atoms with Crippen LogP contribution in [0.1, 0.15) is 39.5 Å². The molecule has 2 rings (SSSR count). The molecule has 0 aliphatic heterocycles. The van der Waals surface area contributed by atoms with E-state index in [0.717, 1.165) is 19.0 Å². The number of benzene rings is 1. The summed E-state index contributed by atoms with van der Waals surface area (Å²) in [6.07, 6.45) is 6.25. The van der Waals surface area contributed by atoms with Gasteiger partial charge < -0.3 is 15.4 Å². The van der Waals surface area contributed by atoms with E-state index in [-0.39, 0.29) is 0 Å². The molecule has 0 amide bonds. The van der Waals surface area contributed by atoms with Crippen LogP contribution in [0.3, 0.4) is 0 Å². The molecule has 0 spiro atoms. The fourth-order valence-electron chi connectivity index (χ4n) is 3.01. The number of guanidine groups is 1. The van der Waals surface area contributed by atoms with Gasteiger partial charge in [-0.1, -0.05) is 13.3 Å². The first-order valence-corrected chi connectivity index (χ1v) is 11.2. The second-order valence-corrected chi connectivity index (χ2v) is 8.94. The van der Waals surface area contributed by atoms with Crippen molar-refractivity contribution in [2.24, 2.45) is 10.4 Å². The van der Waals surface area contributed by atoms with Gasteiger partial charge in [-0.25, -0.2) is 8.42 Å². The summed E-state index contributed by atoms with van der Waals surface area (Å²) in [5.74, 6) is 1.48. The normalized spacial score (nSPS) is 16.7. The van der Waals surface area contributed by atoms with Crippen LogP contribution in [0, 0.1) is 5.41 Å². The summed E-state index contributed by atoms with van der Waals surface area (Å²) in [5, 5.41) is 6.56. The van der Waals surface area contributed by atoms with Crippen molar-refractivity contribution in [3.05, 3.63) is 24.3 Å². The monoisotopic (exact) mass is 381 g/mol. The van der Waals surface area contributed by atoms with Crippen molar-refractivity contribution in [1.82, 2.24) is 10.6 Å². The lowest BCUT2D eigenvalue weighted by Crippen LogP contribution is -2.41. The van der Waals surface area contributed by atoms with Gasteiger partial charge >= 0.3 is 0 Å². The number of nitrogens with one attached hydrogen (secondary N) is 2. The highest BCUT2D eigenvalue weighted by atomic mass is 32.2. The van der Waals surface area contributed by atoms with Gasteiger partial charge in [-0.2, -0.15) is 0 Å². The van der Waals surface area contributed by atoms with Crippen LogP contribution in [0.25, 0.3) is 0 Å². The Labute approximate surface area is 157 Å². The van der Waals surface area contributed by atoms with Crippen LogP contribution in [0.4, 0.5) is 0 Å². The zero-order chi connectivity index (χ0) is 19.0. The Morgan fingerprint density at radius 3 is 2.38 bits per heavy atom. The molecule has 0 radical (unpaired) electrons. The molecule has 6 nitrogen and oxygen atoms in total. The highest BCUT2D eigenvalue weighted by Crippen LogP contribution is 2.43. The van der Waals surface area contributed by atoms with Gasteiger partial charge in [0, 0.05) is 19.3 Å². The highest BCUT2D eigenvalue weighted by Gasteiger charge is 2.34. The van der Waals surface area contributed by atoms with Crippen molar-refractivity contribution < 1.29 is 13.2 Å². The van der Waals surface area contributed by atoms with Crippen molar-refractivity contribution in [1.29, 1.82) is 0 Å². The van der Waals surface area contributed by atoms with Crippen molar-refractivity contribution >= 4 is 15.8 Å². The largest absolute Gasteiger partial charge is 0.492 e. The summed E-state index contributed by atoms with van der Waals surface area (Å²) >= 11 is 0. The molecule has 146 valence electrons. The minimum Gasteiger partial charge on any atom is -0.492 e. The van der Waals surface area contributed by atoms with E-state index in [1.165, 1.54) is 31.9 Å². The van der Waals surface area contributed by atoms with E-state index < -0.39 is 9.84 Å². The van der Waals surface area contributed by atoms with Crippen molar-refractivity contribution in [3.63, 3.8) is 0 Å². The van der Waals surface area contributed by atoms with Gasteiger partial charge in [0.2, 0.25) is 0 Å². The van der Waals surface area contributed by atoms with E-state index in [9.17, 15) is 8.42 Å². The molecule has 0 unspecified atom stereocenters. The van der Waals surface area contributed by atoms with E-state index in [0.29, 0.717) is 29.2 Å². The Bertz CT molecular complexity index is 690. The van der Waals surface area contributed by atoms with Gasteiger partial charge in [-0.05, 0) is 55.9 Å². The molecular weight excluding hydrogens is 350 g/mol. The minimum atomic E-state index is -3.17. The van der Waals surface area contributed by atoms with Gasteiger partial charge in [0.1, 0.15) is 12.4 Å². The molecule has 1 fully saturated rings. The van der Waals surface area contributed by atoms with Gasteiger partial charge in [-0.3, -0.25) is 4.99 Å². The van der Waals surface area contributed by atoms with Crippen molar-refractivity contribution in [2.75, 3.05) is 32.5 Å². The SMILES string of the molecule is CCNC(=NCC1(CC)CCC1)NCCOc1ccc(S(C)(=O)=O)cc1. The summed E-state index contributed by atoms with van der Waals surface area (Å²) in [6, 6.07) is 6.48. The summed E-state index contributed by atoms with van der Waals surface area (Å²) in [6.45, 7) is 7.08. The number of nitrogens with zero attached hydrogens (tertiary/aromatic N) is 1. The Kier molecular flexibility index (Phi) is 7.32. The molecule has 1 saturated carbocycles. The molecule has 0 bridgehead atoms. The zero-order valence-electron chi connectivity index (χ0n) is 16.0. The molecule has 0 saturated heterocycles. The van der Waals surface area contributed by atoms with Gasteiger partial charge in [0.15, 0.2) is 15.8 Å². The van der Waals surface area contributed by atoms with E-state index in [2.05, 4.69) is 24.5 Å². The van der Waals surface area contributed by atoms with E-state index in [4.69, 9.17) is 9.73 Å². The molecule has 1 aliphatic carbocycles. The van der Waals surface area contributed by atoms with E-state index >= 15 is 0 Å². The minimum absolute atomic E-state index is 0.297. The van der Waals surface area contributed by atoms with E-state index in [1.807, 2.05) is 0 Å². The summed E-state index contributed by atoms with van der Waals surface area (Å²) < 4.78 is 28.6. The number of hydrogen-bond donors (Lipinski definition) is 2. The molecule has 26 heavy (non-hydrogen) atoms. The number of ether oxygens (including phenoxy) is 1. The Balaban J connectivity index is 1.78. The van der Waals surface area contributed by atoms with Crippen LogP contribution in [0.15, 0.2) is 34.2 Å². The van der Waals surface area contributed by atoms with Gasteiger partial charge in [0.05, 0.1) is 11.4 Å². The fourth-order valence-corrected chi connectivity index (χ4v) is 3.64. The molecule has 0 heterocycles. The molecule has 1 aromatic rings. The summed E-state index contributed by atoms with van der Waals surface area (Å²) in [5.41, 5.74) is 0.403. The van der Waals surface area contributed by atoms with Crippen LogP contribution in [-0.4, -0.2) is 46.9 Å². The Morgan fingerprint density at radius 2 is 1.88 bits per heavy atom. The van der Waals surface area contributed by atoms with Crippen LogP contribution >= 0.6 is 0 Å². The predicted molar refractivity (Wildman–Crippen MR) is 106 cm³/mol. The van der Waals surface area contributed by atoms with Crippen LogP contribution in [0.2, 0.25) is 0 Å². The smallest absolute Gasteiger partial charge is 0.191 e. The maximum atomic E-state index is 11.4. The average molecular weight is 382 g/mol. The third kappa shape index (κ3) is 5.90. The summed E-state index contributed by atoms with van der Waals surface area (Å²) in [7, 11) is -3.17. The fraction of sp³-hybridized carbons (Fsp3) is 0.632. The molecule has 7 heteroatoms. The first kappa shape index (κ1) is 20.6. The molecule has 0 atom stereocenters. The Hall–Kier alpha value is -1.76. The third-order valence-electron chi connectivity index (χ3n) is 5.00. The standard InChI is InChI=1S/C19H31N3O3S/c1-4-19(11-6-12-19)15-22-18(20-5-2)21-13-14-25-16-7-9-17(10-8-16)26(3,23)24/h7-10H,4-6,11-15H2,1-3H3,(H2,20,21,22). The van der Waals surface area contributed by atoms with Crippen LogP contribution in [0.5, 0.6) is 5.75 Å². The van der Waals surface area contributed by atoms with E-state index in [1.54, 1.807) is 24.3 Å². The predicted octanol–water partition coefficient (Wildman–Crippen LogP) is 2.60.